The SMILES string of the molecule is Cc1nc2ccc(-c3ccc(-c4ccccc4CNC4CC4)cc3)cc2[nH]1. The van der Waals surface area contributed by atoms with E-state index >= 15 is 0 Å². The van der Waals surface area contributed by atoms with Crippen molar-refractivity contribution in [2.45, 2.75) is 32.4 Å². The molecule has 0 amide bonds. The second-order valence-electron chi connectivity index (χ2n) is 7.44. The van der Waals surface area contributed by atoms with Gasteiger partial charge in [-0.05, 0) is 59.7 Å². The van der Waals surface area contributed by atoms with E-state index in [1.165, 1.54) is 40.7 Å². The summed E-state index contributed by atoms with van der Waals surface area (Å²) in [5.41, 5.74) is 8.49. The van der Waals surface area contributed by atoms with E-state index in [2.05, 4.69) is 82.0 Å². The van der Waals surface area contributed by atoms with E-state index in [4.69, 9.17) is 0 Å². The van der Waals surface area contributed by atoms with E-state index in [9.17, 15) is 0 Å². The summed E-state index contributed by atoms with van der Waals surface area (Å²) in [5, 5.41) is 3.63. The Bertz CT molecular complexity index is 1090. The fourth-order valence-electron chi connectivity index (χ4n) is 3.66. The lowest BCUT2D eigenvalue weighted by atomic mass is 9.97. The molecule has 1 aromatic heterocycles. The molecule has 4 aromatic rings. The highest BCUT2D eigenvalue weighted by Gasteiger charge is 2.20. The first-order valence-electron chi connectivity index (χ1n) is 9.65. The van der Waals surface area contributed by atoms with Gasteiger partial charge in [0.1, 0.15) is 5.82 Å². The Morgan fingerprint density at radius 1 is 0.926 bits per heavy atom. The van der Waals surface area contributed by atoms with Crippen molar-refractivity contribution in [2.24, 2.45) is 0 Å². The number of rotatable bonds is 5. The zero-order chi connectivity index (χ0) is 18.2. The van der Waals surface area contributed by atoms with Gasteiger partial charge in [0, 0.05) is 12.6 Å². The Labute approximate surface area is 159 Å². The Morgan fingerprint density at radius 3 is 2.48 bits per heavy atom. The number of hydrogen-bond acceptors (Lipinski definition) is 2. The van der Waals surface area contributed by atoms with Gasteiger partial charge in [0.2, 0.25) is 0 Å². The van der Waals surface area contributed by atoms with Crippen molar-refractivity contribution in [1.29, 1.82) is 0 Å². The van der Waals surface area contributed by atoms with Gasteiger partial charge in [-0.15, -0.1) is 0 Å². The minimum atomic E-state index is 0.724. The van der Waals surface area contributed by atoms with Crippen molar-refractivity contribution in [2.75, 3.05) is 0 Å². The van der Waals surface area contributed by atoms with Crippen LogP contribution in [0.2, 0.25) is 0 Å². The molecule has 27 heavy (non-hydrogen) atoms. The Morgan fingerprint density at radius 2 is 1.67 bits per heavy atom. The van der Waals surface area contributed by atoms with E-state index in [1.807, 2.05) is 6.92 Å². The highest BCUT2D eigenvalue weighted by molar-refractivity contribution is 5.82. The first-order valence-corrected chi connectivity index (χ1v) is 9.65. The minimum absolute atomic E-state index is 0.724. The van der Waals surface area contributed by atoms with Crippen LogP contribution in [0.5, 0.6) is 0 Å². The average Bonchev–Trinajstić information content (AvgIpc) is 3.45. The predicted molar refractivity (Wildman–Crippen MR) is 112 cm³/mol. The molecule has 1 heterocycles. The lowest BCUT2D eigenvalue weighted by Gasteiger charge is -2.11. The van der Waals surface area contributed by atoms with Gasteiger partial charge in [-0.25, -0.2) is 4.98 Å². The second kappa shape index (κ2) is 6.67. The number of aromatic nitrogens is 2. The highest BCUT2D eigenvalue weighted by Crippen LogP contribution is 2.29. The van der Waals surface area contributed by atoms with Gasteiger partial charge in [0.05, 0.1) is 11.0 Å². The quantitative estimate of drug-likeness (QED) is 0.500. The molecular formula is C24H23N3. The third-order valence-corrected chi connectivity index (χ3v) is 5.31. The van der Waals surface area contributed by atoms with Crippen LogP contribution in [0.3, 0.4) is 0 Å². The number of imidazole rings is 1. The van der Waals surface area contributed by atoms with Crippen LogP contribution in [0.15, 0.2) is 66.7 Å². The van der Waals surface area contributed by atoms with E-state index in [0.717, 1.165) is 29.4 Å². The summed E-state index contributed by atoms with van der Waals surface area (Å²) in [6.45, 7) is 2.93. The summed E-state index contributed by atoms with van der Waals surface area (Å²) in [4.78, 5) is 7.81. The van der Waals surface area contributed by atoms with Crippen LogP contribution in [0.25, 0.3) is 33.3 Å². The molecule has 3 aromatic carbocycles. The second-order valence-corrected chi connectivity index (χ2v) is 7.44. The number of fused-ring (bicyclic) bond motifs is 1. The third-order valence-electron chi connectivity index (χ3n) is 5.31. The van der Waals surface area contributed by atoms with Crippen LogP contribution < -0.4 is 5.32 Å². The first-order chi connectivity index (χ1) is 13.3. The normalized spacial score (nSPS) is 14.0. The molecule has 0 saturated heterocycles. The zero-order valence-corrected chi connectivity index (χ0v) is 15.5. The minimum Gasteiger partial charge on any atom is -0.342 e. The largest absolute Gasteiger partial charge is 0.342 e. The summed E-state index contributed by atoms with van der Waals surface area (Å²) in [7, 11) is 0. The van der Waals surface area contributed by atoms with Crippen LogP contribution >= 0.6 is 0 Å². The van der Waals surface area contributed by atoms with E-state index in [-0.39, 0.29) is 0 Å². The molecule has 1 aliphatic rings. The molecule has 3 heteroatoms. The summed E-state index contributed by atoms with van der Waals surface area (Å²) in [5.74, 6) is 0.953. The maximum absolute atomic E-state index is 4.48. The summed E-state index contributed by atoms with van der Waals surface area (Å²) < 4.78 is 0. The molecule has 1 aliphatic carbocycles. The van der Waals surface area contributed by atoms with Gasteiger partial charge in [0.15, 0.2) is 0 Å². The zero-order valence-electron chi connectivity index (χ0n) is 15.5. The maximum Gasteiger partial charge on any atom is 0.104 e. The van der Waals surface area contributed by atoms with E-state index in [1.54, 1.807) is 0 Å². The molecule has 134 valence electrons. The average molecular weight is 353 g/mol. The number of H-pyrrole nitrogens is 1. The van der Waals surface area contributed by atoms with E-state index in [0.29, 0.717) is 0 Å². The van der Waals surface area contributed by atoms with Gasteiger partial charge >= 0.3 is 0 Å². The van der Waals surface area contributed by atoms with Crippen LogP contribution in [-0.4, -0.2) is 16.0 Å². The molecule has 0 spiro atoms. The van der Waals surface area contributed by atoms with Gasteiger partial charge in [-0.3, -0.25) is 0 Å². The van der Waals surface area contributed by atoms with Gasteiger partial charge in [0.25, 0.3) is 0 Å². The Hall–Kier alpha value is -2.91. The molecule has 0 aliphatic heterocycles. The molecule has 1 saturated carbocycles. The molecule has 3 nitrogen and oxygen atoms in total. The number of aryl methyl sites for hydroxylation is 1. The smallest absolute Gasteiger partial charge is 0.104 e. The molecule has 5 rings (SSSR count). The topological polar surface area (TPSA) is 40.7 Å². The Balaban J connectivity index is 1.44. The number of hydrogen-bond donors (Lipinski definition) is 2. The van der Waals surface area contributed by atoms with Crippen molar-refractivity contribution in [3.05, 3.63) is 78.1 Å². The van der Waals surface area contributed by atoms with Gasteiger partial charge in [-0.2, -0.15) is 0 Å². The van der Waals surface area contributed by atoms with Gasteiger partial charge < -0.3 is 10.3 Å². The van der Waals surface area contributed by atoms with Crippen molar-refractivity contribution < 1.29 is 0 Å². The summed E-state index contributed by atoms with van der Waals surface area (Å²) in [6.07, 6.45) is 2.63. The van der Waals surface area contributed by atoms with E-state index < -0.39 is 0 Å². The van der Waals surface area contributed by atoms with Crippen molar-refractivity contribution in [3.8, 4) is 22.3 Å². The summed E-state index contributed by atoms with van der Waals surface area (Å²) in [6, 6.07) is 24.7. The fourth-order valence-corrected chi connectivity index (χ4v) is 3.66. The van der Waals surface area contributed by atoms with Crippen LogP contribution in [0.1, 0.15) is 24.2 Å². The van der Waals surface area contributed by atoms with Crippen LogP contribution in [-0.2, 0) is 6.54 Å². The number of nitrogens with one attached hydrogen (secondary N) is 2. The first kappa shape index (κ1) is 16.3. The lowest BCUT2D eigenvalue weighted by Crippen LogP contribution is -2.15. The van der Waals surface area contributed by atoms with Crippen LogP contribution in [0, 0.1) is 6.92 Å². The number of aromatic amines is 1. The summed E-state index contributed by atoms with van der Waals surface area (Å²) >= 11 is 0. The molecular weight excluding hydrogens is 330 g/mol. The van der Waals surface area contributed by atoms with Crippen molar-refractivity contribution in [1.82, 2.24) is 15.3 Å². The predicted octanol–water partition coefficient (Wildman–Crippen LogP) is 5.46. The maximum atomic E-state index is 4.48. The molecule has 0 radical (unpaired) electrons. The molecule has 0 bridgehead atoms. The number of nitrogens with zero attached hydrogens (tertiary/aromatic N) is 1. The monoisotopic (exact) mass is 353 g/mol. The third kappa shape index (κ3) is 3.38. The standard InChI is InChI=1S/C24H23N3/c1-16-26-23-13-10-19(14-24(23)27-16)17-6-8-18(9-7-17)22-5-3-2-4-20(22)15-25-21-11-12-21/h2-10,13-14,21,25H,11-12,15H2,1H3,(H,26,27). The lowest BCUT2D eigenvalue weighted by molar-refractivity contribution is 0.689. The number of benzene rings is 3. The highest BCUT2D eigenvalue weighted by atomic mass is 14.9. The van der Waals surface area contributed by atoms with Gasteiger partial charge in [-0.1, -0.05) is 54.6 Å². The molecule has 0 unspecified atom stereocenters. The van der Waals surface area contributed by atoms with Crippen LogP contribution in [0.4, 0.5) is 0 Å². The molecule has 2 N–H and O–H groups in total. The fraction of sp³-hybridized carbons (Fsp3) is 0.208. The molecule has 0 atom stereocenters. The Kier molecular flexibility index (Phi) is 4.02. The van der Waals surface area contributed by atoms with Crippen molar-refractivity contribution in [3.63, 3.8) is 0 Å². The molecule has 1 fully saturated rings. The van der Waals surface area contributed by atoms with Crippen molar-refractivity contribution >= 4 is 11.0 Å².